The van der Waals surface area contributed by atoms with Crippen LogP contribution in [0.25, 0.3) is 0 Å². The van der Waals surface area contributed by atoms with Crippen LogP contribution in [0.5, 0.6) is 0 Å². The molecule has 0 radical (unpaired) electrons. The maximum atomic E-state index is 12.1. The molecule has 2 saturated heterocycles. The summed E-state index contributed by atoms with van der Waals surface area (Å²) in [6.07, 6.45) is 9.41. The van der Waals surface area contributed by atoms with Crippen molar-refractivity contribution in [2.75, 3.05) is 26.2 Å². The van der Waals surface area contributed by atoms with Crippen molar-refractivity contribution in [3.63, 3.8) is 0 Å². The zero-order valence-electron chi connectivity index (χ0n) is 31.0. The third kappa shape index (κ3) is 5.09. The van der Waals surface area contributed by atoms with Crippen LogP contribution in [0.15, 0.2) is 0 Å². The van der Waals surface area contributed by atoms with E-state index in [1.807, 2.05) is 0 Å². The first-order valence-electron chi connectivity index (χ1n) is 19.3. The molecule has 1 amide bonds. The van der Waals surface area contributed by atoms with Crippen LogP contribution in [0.1, 0.15) is 113 Å². The molecule has 5 saturated carbocycles. The van der Waals surface area contributed by atoms with Crippen molar-refractivity contribution >= 4 is 11.9 Å². The highest BCUT2D eigenvalue weighted by atomic mass is 16.7. The predicted octanol–water partition coefficient (Wildman–Crippen LogP) is 5.31. The van der Waals surface area contributed by atoms with Gasteiger partial charge in [-0.2, -0.15) is 0 Å². The number of carbonyl (C=O) groups is 2. The van der Waals surface area contributed by atoms with Gasteiger partial charge in [-0.3, -0.25) is 14.5 Å². The fourth-order valence-corrected chi connectivity index (χ4v) is 14.4. The van der Waals surface area contributed by atoms with Gasteiger partial charge in [0.1, 0.15) is 0 Å². The van der Waals surface area contributed by atoms with E-state index in [-0.39, 0.29) is 53.9 Å². The van der Waals surface area contributed by atoms with Crippen LogP contribution < -0.4 is 5.73 Å². The molecule has 14 atom stereocenters. The molecule has 7 aliphatic rings. The van der Waals surface area contributed by atoms with Gasteiger partial charge in [-0.1, -0.05) is 41.0 Å². The van der Waals surface area contributed by atoms with Crippen LogP contribution in [0.4, 0.5) is 0 Å². The molecule has 272 valence electrons. The van der Waals surface area contributed by atoms with Crippen molar-refractivity contribution in [2.24, 2.45) is 62.9 Å². The summed E-state index contributed by atoms with van der Waals surface area (Å²) in [7, 11) is 0. The Morgan fingerprint density at radius 3 is 2.48 bits per heavy atom. The van der Waals surface area contributed by atoms with E-state index in [0.717, 1.165) is 25.7 Å². The van der Waals surface area contributed by atoms with Gasteiger partial charge in [0.05, 0.1) is 43.6 Å². The number of ether oxygens (including phenoxy) is 4. The molecule has 5 aliphatic carbocycles. The van der Waals surface area contributed by atoms with Crippen LogP contribution in [0.3, 0.4) is 0 Å². The fourth-order valence-electron chi connectivity index (χ4n) is 14.4. The molecule has 0 aromatic carbocycles. The van der Waals surface area contributed by atoms with Gasteiger partial charge in [-0.15, -0.1) is 0 Å². The normalized spacial score (nSPS) is 48.6. The van der Waals surface area contributed by atoms with Gasteiger partial charge in [0, 0.05) is 13.5 Å². The molecule has 0 aromatic rings. The maximum absolute atomic E-state index is 12.1. The lowest BCUT2D eigenvalue weighted by atomic mass is 9.46. The van der Waals surface area contributed by atoms with Gasteiger partial charge in [-0.25, -0.2) is 0 Å². The molecule has 0 bridgehead atoms. The Balaban J connectivity index is 1.10. The van der Waals surface area contributed by atoms with Crippen molar-refractivity contribution in [3.05, 3.63) is 0 Å². The minimum atomic E-state index is -1.17. The Hall–Kier alpha value is -1.26. The number of morpholine rings is 1. The summed E-state index contributed by atoms with van der Waals surface area (Å²) in [5, 5.41) is 11.1. The van der Waals surface area contributed by atoms with Crippen LogP contribution >= 0.6 is 0 Å². The summed E-state index contributed by atoms with van der Waals surface area (Å²) in [6.45, 7) is 19.5. The minimum absolute atomic E-state index is 0.0349. The van der Waals surface area contributed by atoms with Crippen molar-refractivity contribution in [1.29, 1.82) is 0 Å². The SMILES string of the molecule is CCC1CC(C(OC(C)=O)C(C)(C)O)OC2CC3C4CCC5C(C)(C)C(OC6CN(CC(N)=O)CCO6)CCC56C(C)C46CCC3(C)C12. The highest BCUT2D eigenvalue weighted by molar-refractivity contribution is 5.75. The highest BCUT2D eigenvalue weighted by Crippen LogP contribution is 2.89. The average molecular weight is 673 g/mol. The van der Waals surface area contributed by atoms with Gasteiger partial charge in [0.25, 0.3) is 0 Å². The molecule has 2 aliphatic heterocycles. The first-order chi connectivity index (χ1) is 22.5. The molecule has 9 heteroatoms. The van der Waals surface area contributed by atoms with E-state index < -0.39 is 11.7 Å². The molecular weight excluding hydrogens is 608 g/mol. The van der Waals surface area contributed by atoms with Crippen LogP contribution in [-0.2, 0) is 28.5 Å². The lowest BCUT2D eigenvalue weighted by Gasteiger charge is -2.60. The van der Waals surface area contributed by atoms with E-state index in [4.69, 9.17) is 24.7 Å². The molecule has 2 heterocycles. The van der Waals surface area contributed by atoms with Crippen molar-refractivity contribution in [3.8, 4) is 0 Å². The molecule has 0 aromatic heterocycles. The van der Waals surface area contributed by atoms with Crippen LogP contribution in [0, 0.1) is 57.2 Å². The first kappa shape index (κ1) is 35.2. The summed E-state index contributed by atoms with van der Waals surface area (Å²) < 4.78 is 25.7. The van der Waals surface area contributed by atoms with Crippen LogP contribution in [-0.4, -0.2) is 84.4 Å². The first-order valence-corrected chi connectivity index (χ1v) is 19.3. The number of hydrogen-bond donors (Lipinski definition) is 2. The van der Waals surface area contributed by atoms with E-state index in [1.54, 1.807) is 13.8 Å². The standard InChI is InChI=1S/C39H64N2O7/c1-9-24-18-28(34(36(6,7)44)46-23(3)42)47-27-19-26-25-10-11-29-35(4,5)30(48-32-21-41(16-17-45-32)20-31(40)43)12-13-39(29)22(2)38(25,39)15-14-37(26,8)33(24)27/h22,24-30,32-34,44H,9-21H2,1-8H3,(H2,40,43). The number of nitrogens with zero attached hydrogens (tertiary/aromatic N) is 1. The summed E-state index contributed by atoms with van der Waals surface area (Å²) in [4.78, 5) is 25.8. The Labute approximate surface area is 288 Å². The Bertz CT molecular complexity index is 1270. The van der Waals surface area contributed by atoms with E-state index >= 15 is 0 Å². The Morgan fingerprint density at radius 2 is 1.81 bits per heavy atom. The monoisotopic (exact) mass is 672 g/mol. The number of amides is 1. The minimum Gasteiger partial charge on any atom is -0.457 e. The number of fused-ring (bicyclic) bond motifs is 4. The molecule has 48 heavy (non-hydrogen) atoms. The zero-order chi connectivity index (χ0) is 34.6. The molecule has 3 N–H and O–H groups in total. The molecule has 7 fully saturated rings. The third-order valence-corrected chi connectivity index (χ3v) is 16.0. The second-order valence-corrected chi connectivity index (χ2v) is 18.7. The number of esters is 1. The number of rotatable bonds is 8. The molecular formula is C39H64N2O7. The third-order valence-electron chi connectivity index (χ3n) is 16.0. The number of carbonyl (C=O) groups excluding carboxylic acids is 2. The van der Waals surface area contributed by atoms with Crippen LogP contribution in [0.2, 0.25) is 0 Å². The average Bonchev–Trinajstić information content (AvgIpc) is 3.37. The van der Waals surface area contributed by atoms with Gasteiger partial charge in [0.2, 0.25) is 5.91 Å². The fraction of sp³-hybridized carbons (Fsp3) is 0.949. The smallest absolute Gasteiger partial charge is 0.303 e. The quantitative estimate of drug-likeness (QED) is 0.333. The van der Waals surface area contributed by atoms with E-state index in [0.29, 0.717) is 66.0 Å². The number of nitrogens with two attached hydrogens (primary N) is 1. The number of primary amides is 1. The lowest BCUT2D eigenvalue weighted by molar-refractivity contribution is -0.245. The van der Waals surface area contributed by atoms with Gasteiger partial charge >= 0.3 is 5.97 Å². The lowest BCUT2D eigenvalue weighted by Crippen LogP contribution is -2.57. The molecule has 2 spiro atoms. The van der Waals surface area contributed by atoms with E-state index in [9.17, 15) is 14.7 Å². The maximum Gasteiger partial charge on any atom is 0.303 e. The topological polar surface area (TPSA) is 121 Å². The molecule has 14 unspecified atom stereocenters. The van der Waals surface area contributed by atoms with Gasteiger partial charge in [0.15, 0.2) is 12.4 Å². The van der Waals surface area contributed by atoms with Crippen molar-refractivity contribution in [1.82, 2.24) is 4.90 Å². The molecule has 7 rings (SSSR count). The Morgan fingerprint density at radius 1 is 1.06 bits per heavy atom. The summed E-state index contributed by atoms with van der Waals surface area (Å²) >= 11 is 0. The number of aliphatic hydroxyl groups is 1. The predicted molar refractivity (Wildman–Crippen MR) is 181 cm³/mol. The summed E-state index contributed by atoms with van der Waals surface area (Å²) in [6, 6.07) is 0. The number of hydrogen-bond acceptors (Lipinski definition) is 8. The van der Waals surface area contributed by atoms with Crippen molar-refractivity contribution in [2.45, 2.75) is 149 Å². The van der Waals surface area contributed by atoms with Gasteiger partial charge in [-0.05, 0) is 122 Å². The zero-order valence-corrected chi connectivity index (χ0v) is 31.0. The van der Waals surface area contributed by atoms with Crippen molar-refractivity contribution < 1.29 is 33.6 Å². The highest BCUT2D eigenvalue weighted by Gasteiger charge is 2.85. The van der Waals surface area contributed by atoms with E-state index in [1.165, 1.54) is 39.0 Å². The second-order valence-electron chi connectivity index (χ2n) is 18.7. The summed E-state index contributed by atoms with van der Waals surface area (Å²) in [5.41, 5.74) is 5.37. The second kappa shape index (κ2) is 11.9. The molecule has 9 nitrogen and oxygen atoms in total. The van der Waals surface area contributed by atoms with Gasteiger partial charge < -0.3 is 29.8 Å². The summed E-state index contributed by atoms with van der Waals surface area (Å²) in [5.74, 6) is 3.01. The largest absolute Gasteiger partial charge is 0.457 e. The Kier molecular flexibility index (Phi) is 8.71. The van der Waals surface area contributed by atoms with E-state index in [2.05, 4.69) is 39.5 Å².